The maximum Gasteiger partial charge on any atom is 0.309 e. The van der Waals surface area contributed by atoms with Crippen LogP contribution in [0, 0.1) is 19.3 Å². The van der Waals surface area contributed by atoms with Gasteiger partial charge in [-0.05, 0) is 81.1 Å². The molecule has 252 valence electrons. The molecule has 3 aromatic heterocycles. The number of hydrogen-bond acceptors (Lipinski definition) is 6. The summed E-state index contributed by atoms with van der Waals surface area (Å²) in [5.41, 5.74) is 7.70. The number of pyridine rings is 2. The van der Waals surface area contributed by atoms with E-state index >= 15 is 0 Å². The molecule has 0 spiro atoms. The number of benzene rings is 2. The number of aliphatic carboxylic acids is 1. The number of ether oxygens (including phenoxy) is 2. The minimum atomic E-state index is -0.956. The molecule has 48 heavy (non-hydrogen) atoms. The molecule has 8 heteroatoms. The van der Waals surface area contributed by atoms with Gasteiger partial charge in [0.1, 0.15) is 5.75 Å². The lowest BCUT2D eigenvalue weighted by atomic mass is 9.88. The predicted molar refractivity (Wildman–Crippen MR) is 196 cm³/mol. The average Bonchev–Trinajstić information content (AvgIpc) is 3.28. The van der Waals surface area contributed by atoms with Gasteiger partial charge in [-0.1, -0.05) is 51.1 Å². The first-order chi connectivity index (χ1) is 22.7. The number of carbonyl (C=O) groups is 1. The lowest BCUT2D eigenvalue weighted by Gasteiger charge is -2.24. The predicted octanol–water partition coefficient (Wildman–Crippen LogP) is 9.33. The molecular weight excluding hydrogens is 619 g/mol. The molecule has 0 amide bonds. The van der Waals surface area contributed by atoms with Crippen molar-refractivity contribution in [2.45, 2.75) is 84.4 Å². The Bertz CT molecular complexity index is 1890. The molecule has 0 fully saturated rings. The van der Waals surface area contributed by atoms with E-state index < -0.39 is 11.4 Å². The molecule has 0 aliphatic rings. The third-order valence-electron chi connectivity index (χ3n) is 8.28. The molecule has 0 aliphatic heterocycles. The smallest absolute Gasteiger partial charge is 0.309 e. The zero-order chi connectivity index (χ0) is 34.6. The van der Waals surface area contributed by atoms with Crippen LogP contribution in [0.4, 0.5) is 0 Å². The maximum atomic E-state index is 12.4. The molecular formula is C40H47N3O4S. The quantitative estimate of drug-likeness (QED) is 0.125. The third-order valence-corrected chi connectivity index (χ3v) is 9.55. The highest BCUT2D eigenvalue weighted by Gasteiger charge is 2.33. The number of nitrogens with zero attached hydrogens (tertiary/aromatic N) is 3. The molecule has 0 saturated heterocycles. The van der Waals surface area contributed by atoms with Crippen LogP contribution in [0.1, 0.15) is 69.6 Å². The van der Waals surface area contributed by atoms with Crippen molar-refractivity contribution < 1.29 is 19.4 Å². The first kappa shape index (κ1) is 35.0. The Hall–Kier alpha value is -4.30. The molecule has 0 radical (unpaired) electrons. The van der Waals surface area contributed by atoms with Gasteiger partial charge < -0.3 is 19.1 Å². The fraction of sp³-hybridized carbons (Fsp3) is 0.375. The SMILES string of the molecule is CCOc1ccc(-c2ccc(Cn3c(CC(C)(C)C(=O)O)c(SC(C)(C)C)c4cc(OCCc5ncc(C)cc5C)ccc43)cc2)cn1. The van der Waals surface area contributed by atoms with Crippen molar-refractivity contribution in [2.75, 3.05) is 13.2 Å². The second-order valence-corrected chi connectivity index (χ2v) is 15.8. The summed E-state index contributed by atoms with van der Waals surface area (Å²) in [5, 5.41) is 11.3. The standard InChI is InChI=1S/C40H47N3O4S/c1-9-46-36-17-14-30(24-42-36)29-12-10-28(11-13-29)25-43-34-16-15-31(47-19-18-33-27(3)20-26(2)23-41-33)21-32(34)37(48-39(4,5)6)35(43)22-40(7,8)38(44)45/h10-17,20-21,23-24H,9,18-19,22,25H2,1-8H3,(H,44,45). The molecule has 3 heterocycles. The lowest BCUT2D eigenvalue weighted by Crippen LogP contribution is -2.28. The number of thioether (sulfide) groups is 1. The van der Waals surface area contributed by atoms with Gasteiger partial charge >= 0.3 is 5.97 Å². The molecule has 0 aliphatic carbocycles. The molecule has 0 saturated carbocycles. The summed E-state index contributed by atoms with van der Waals surface area (Å²) < 4.78 is 14.0. The van der Waals surface area contributed by atoms with Crippen molar-refractivity contribution in [3.05, 3.63) is 101 Å². The molecule has 1 N–H and O–H groups in total. The van der Waals surface area contributed by atoms with Gasteiger partial charge in [0.2, 0.25) is 5.88 Å². The molecule has 0 unspecified atom stereocenters. The summed E-state index contributed by atoms with van der Waals surface area (Å²) in [6, 6.07) is 20.8. The van der Waals surface area contributed by atoms with E-state index in [1.165, 1.54) is 5.56 Å². The van der Waals surface area contributed by atoms with Gasteiger partial charge in [-0.25, -0.2) is 4.98 Å². The monoisotopic (exact) mass is 665 g/mol. The summed E-state index contributed by atoms with van der Waals surface area (Å²) in [5.74, 6) is 0.589. The summed E-state index contributed by atoms with van der Waals surface area (Å²) >= 11 is 1.78. The van der Waals surface area contributed by atoms with E-state index in [1.54, 1.807) is 25.6 Å². The van der Waals surface area contributed by atoms with Gasteiger partial charge in [-0.3, -0.25) is 9.78 Å². The summed E-state index contributed by atoms with van der Waals surface area (Å²) in [6.45, 7) is 18.0. The van der Waals surface area contributed by atoms with E-state index in [-0.39, 0.29) is 4.75 Å². The lowest BCUT2D eigenvalue weighted by molar-refractivity contribution is -0.146. The van der Waals surface area contributed by atoms with Gasteiger partial charge in [0, 0.05) is 75.3 Å². The van der Waals surface area contributed by atoms with Crippen LogP contribution < -0.4 is 9.47 Å². The number of rotatable bonds is 13. The van der Waals surface area contributed by atoms with Crippen molar-refractivity contribution in [3.63, 3.8) is 0 Å². The van der Waals surface area contributed by atoms with Gasteiger partial charge in [0.25, 0.3) is 0 Å². The minimum Gasteiger partial charge on any atom is -0.493 e. The van der Waals surface area contributed by atoms with Gasteiger partial charge in [0.15, 0.2) is 0 Å². The second-order valence-electron chi connectivity index (χ2n) is 14.0. The van der Waals surface area contributed by atoms with Crippen LogP contribution in [0.15, 0.2) is 78.0 Å². The van der Waals surface area contributed by atoms with Crippen molar-refractivity contribution in [3.8, 4) is 22.8 Å². The minimum absolute atomic E-state index is 0.0971. The molecule has 0 atom stereocenters. The van der Waals surface area contributed by atoms with Crippen LogP contribution >= 0.6 is 11.8 Å². The number of carboxylic acids is 1. The van der Waals surface area contributed by atoms with Crippen molar-refractivity contribution in [2.24, 2.45) is 5.41 Å². The van der Waals surface area contributed by atoms with E-state index in [9.17, 15) is 9.90 Å². The number of hydrogen-bond donors (Lipinski definition) is 1. The largest absolute Gasteiger partial charge is 0.493 e. The Labute approximate surface area is 288 Å². The Balaban J connectivity index is 1.51. The molecule has 7 nitrogen and oxygen atoms in total. The van der Waals surface area contributed by atoms with Crippen LogP contribution in [-0.4, -0.2) is 43.6 Å². The number of carboxylic acid groups (broad SMARTS) is 1. The zero-order valence-corrected chi connectivity index (χ0v) is 30.2. The topological polar surface area (TPSA) is 86.5 Å². The highest BCUT2D eigenvalue weighted by Crippen LogP contribution is 2.44. The van der Waals surface area contributed by atoms with Crippen LogP contribution in [-0.2, 0) is 24.2 Å². The number of fused-ring (bicyclic) bond motifs is 1. The second kappa shape index (κ2) is 14.4. The van der Waals surface area contributed by atoms with Crippen molar-refractivity contribution >= 4 is 28.6 Å². The number of aryl methyl sites for hydroxylation is 2. The first-order valence-electron chi connectivity index (χ1n) is 16.5. The summed E-state index contributed by atoms with van der Waals surface area (Å²) in [7, 11) is 0. The fourth-order valence-electron chi connectivity index (χ4n) is 5.76. The van der Waals surface area contributed by atoms with E-state index in [4.69, 9.17) is 9.47 Å². The van der Waals surface area contributed by atoms with Crippen molar-refractivity contribution in [1.29, 1.82) is 0 Å². The van der Waals surface area contributed by atoms with E-state index in [0.717, 1.165) is 61.6 Å². The highest BCUT2D eigenvalue weighted by atomic mass is 32.2. The molecule has 5 aromatic rings. The maximum absolute atomic E-state index is 12.4. The average molecular weight is 666 g/mol. The van der Waals surface area contributed by atoms with Crippen LogP contribution in [0.3, 0.4) is 0 Å². The van der Waals surface area contributed by atoms with Gasteiger partial charge in [-0.2, -0.15) is 0 Å². The van der Waals surface area contributed by atoms with Crippen LogP contribution in [0.2, 0.25) is 0 Å². The Kier molecular flexibility index (Phi) is 10.5. The van der Waals surface area contributed by atoms with Crippen LogP contribution in [0.25, 0.3) is 22.0 Å². The number of aromatic nitrogens is 3. The Morgan fingerprint density at radius 3 is 2.25 bits per heavy atom. The van der Waals surface area contributed by atoms with E-state index in [0.29, 0.717) is 32.1 Å². The zero-order valence-electron chi connectivity index (χ0n) is 29.4. The Morgan fingerprint density at radius 1 is 0.896 bits per heavy atom. The summed E-state index contributed by atoms with van der Waals surface area (Å²) in [6.07, 6.45) is 4.84. The molecule has 0 bridgehead atoms. The fourth-order valence-corrected chi connectivity index (χ4v) is 6.94. The first-order valence-corrected chi connectivity index (χ1v) is 17.4. The third kappa shape index (κ3) is 8.40. The highest BCUT2D eigenvalue weighted by molar-refractivity contribution is 8.00. The van der Waals surface area contributed by atoms with Crippen LogP contribution in [0.5, 0.6) is 11.6 Å². The molecule has 2 aromatic carbocycles. The van der Waals surface area contributed by atoms with Crippen molar-refractivity contribution in [1.82, 2.24) is 14.5 Å². The molecule has 5 rings (SSSR count). The van der Waals surface area contributed by atoms with E-state index in [1.807, 2.05) is 37.5 Å². The Morgan fingerprint density at radius 2 is 1.62 bits per heavy atom. The van der Waals surface area contributed by atoms with E-state index in [2.05, 4.69) is 91.6 Å². The summed E-state index contributed by atoms with van der Waals surface area (Å²) in [4.78, 5) is 22.5. The van der Waals surface area contributed by atoms with Gasteiger partial charge in [0.05, 0.1) is 18.6 Å². The van der Waals surface area contributed by atoms with Gasteiger partial charge in [-0.15, -0.1) is 11.8 Å². The normalized spacial score (nSPS) is 12.0.